The molecule has 1 heterocycles. The second-order valence-corrected chi connectivity index (χ2v) is 6.59. The Morgan fingerprint density at radius 2 is 2.10 bits per heavy atom. The Morgan fingerprint density at radius 1 is 1.38 bits per heavy atom. The van der Waals surface area contributed by atoms with Crippen LogP contribution in [0.15, 0.2) is 24.3 Å². The van der Waals surface area contributed by atoms with Crippen LogP contribution in [-0.4, -0.2) is 36.3 Å². The molecule has 1 aromatic carbocycles. The maximum absolute atomic E-state index is 12.2. The number of carbonyl (C=O) groups excluding carboxylic acids is 2. The number of hydrogen-bond acceptors (Lipinski definition) is 3. The van der Waals surface area contributed by atoms with Gasteiger partial charge in [-0.05, 0) is 18.9 Å². The van der Waals surface area contributed by atoms with E-state index < -0.39 is 0 Å². The minimum atomic E-state index is -0.293. The first-order valence-electron chi connectivity index (χ1n) is 6.79. The van der Waals surface area contributed by atoms with Crippen LogP contribution in [0.1, 0.15) is 22.5 Å². The lowest BCUT2D eigenvalue weighted by Gasteiger charge is -2.16. The van der Waals surface area contributed by atoms with Crippen molar-refractivity contribution < 1.29 is 9.59 Å². The predicted octanol–water partition coefficient (Wildman–Crippen LogP) is 2.91. The molecule has 1 fully saturated rings. The van der Waals surface area contributed by atoms with Crippen LogP contribution in [0.25, 0.3) is 10.1 Å². The summed E-state index contributed by atoms with van der Waals surface area (Å²) in [6.07, 6.45) is 2.11. The zero-order valence-electron chi connectivity index (χ0n) is 11.6. The molecular formula is C15H15ClN2O2S. The first kappa shape index (κ1) is 14.4. The van der Waals surface area contributed by atoms with E-state index >= 15 is 0 Å². The number of fused-ring (bicyclic) bond motifs is 1. The fourth-order valence-corrected chi connectivity index (χ4v) is 3.62. The first-order valence-corrected chi connectivity index (χ1v) is 7.98. The third kappa shape index (κ3) is 2.89. The number of nitrogens with zero attached hydrogens (tertiary/aromatic N) is 1. The van der Waals surface area contributed by atoms with Crippen molar-refractivity contribution in [2.24, 2.45) is 0 Å². The lowest BCUT2D eigenvalue weighted by atomic mass is 10.2. The molecule has 2 aromatic rings. The molecule has 4 nitrogen and oxygen atoms in total. The van der Waals surface area contributed by atoms with Crippen molar-refractivity contribution >= 4 is 44.8 Å². The Morgan fingerprint density at radius 3 is 2.76 bits per heavy atom. The van der Waals surface area contributed by atoms with E-state index in [0.29, 0.717) is 15.9 Å². The van der Waals surface area contributed by atoms with Gasteiger partial charge in [-0.2, -0.15) is 0 Å². The van der Waals surface area contributed by atoms with Crippen molar-refractivity contribution in [3.8, 4) is 0 Å². The number of carbonyl (C=O) groups is 2. The molecule has 21 heavy (non-hydrogen) atoms. The van der Waals surface area contributed by atoms with Crippen LogP contribution in [-0.2, 0) is 4.79 Å². The summed E-state index contributed by atoms with van der Waals surface area (Å²) in [7, 11) is 1.78. The Labute approximate surface area is 131 Å². The number of halogens is 1. The molecule has 1 aromatic heterocycles. The first-order chi connectivity index (χ1) is 10.1. The molecule has 1 aliphatic rings. The van der Waals surface area contributed by atoms with Gasteiger partial charge in [0.2, 0.25) is 5.91 Å². The number of likely N-dealkylation sites (N-methyl/N-ethyl adjacent to an activating group) is 1. The molecule has 1 N–H and O–H groups in total. The summed E-state index contributed by atoms with van der Waals surface area (Å²) in [5.41, 5.74) is 0. The monoisotopic (exact) mass is 322 g/mol. The van der Waals surface area contributed by atoms with Crippen LogP contribution in [0.3, 0.4) is 0 Å². The minimum Gasteiger partial charge on any atom is -0.342 e. The fraction of sp³-hybridized carbons (Fsp3) is 0.333. The van der Waals surface area contributed by atoms with Gasteiger partial charge in [-0.1, -0.05) is 29.8 Å². The maximum Gasteiger partial charge on any atom is 0.263 e. The zero-order valence-corrected chi connectivity index (χ0v) is 13.1. The predicted molar refractivity (Wildman–Crippen MR) is 85.0 cm³/mol. The molecule has 0 unspecified atom stereocenters. The van der Waals surface area contributed by atoms with Gasteiger partial charge in [0.25, 0.3) is 5.91 Å². The van der Waals surface area contributed by atoms with E-state index in [9.17, 15) is 9.59 Å². The SMILES string of the molecule is CN(C(=O)CNC(=O)c1sc2ccccc2c1Cl)C1CC1. The lowest BCUT2D eigenvalue weighted by molar-refractivity contribution is -0.129. The molecule has 1 saturated carbocycles. The Balaban J connectivity index is 1.69. The molecule has 0 atom stereocenters. The quantitative estimate of drug-likeness (QED) is 0.941. The number of nitrogens with one attached hydrogen (secondary N) is 1. The second kappa shape index (κ2) is 5.66. The minimum absolute atomic E-state index is 0.0103. The van der Waals surface area contributed by atoms with Gasteiger partial charge in [-0.15, -0.1) is 11.3 Å². The molecule has 2 amide bonds. The van der Waals surface area contributed by atoms with Crippen molar-refractivity contribution in [1.82, 2.24) is 10.2 Å². The van der Waals surface area contributed by atoms with Gasteiger partial charge in [-0.3, -0.25) is 9.59 Å². The maximum atomic E-state index is 12.2. The van der Waals surface area contributed by atoms with E-state index in [4.69, 9.17) is 11.6 Å². The van der Waals surface area contributed by atoms with Crippen LogP contribution >= 0.6 is 22.9 Å². The highest BCUT2D eigenvalue weighted by Crippen LogP contribution is 2.34. The van der Waals surface area contributed by atoms with Gasteiger partial charge in [0.15, 0.2) is 0 Å². The summed E-state index contributed by atoms with van der Waals surface area (Å²) in [5, 5.41) is 3.99. The van der Waals surface area contributed by atoms with Crippen LogP contribution in [0.4, 0.5) is 0 Å². The van der Waals surface area contributed by atoms with E-state index in [2.05, 4.69) is 5.32 Å². The van der Waals surface area contributed by atoms with E-state index in [1.54, 1.807) is 11.9 Å². The van der Waals surface area contributed by atoms with Crippen molar-refractivity contribution in [1.29, 1.82) is 0 Å². The molecule has 0 bridgehead atoms. The van der Waals surface area contributed by atoms with Crippen molar-refractivity contribution in [2.45, 2.75) is 18.9 Å². The number of rotatable bonds is 4. The van der Waals surface area contributed by atoms with Crippen molar-refractivity contribution in [2.75, 3.05) is 13.6 Å². The number of thiophene rings is 1. The van der Waals surface area contributed by atoms with Gasteiger partial charge in [0, 0.05) is 23.2 Å². The third-order valence-corrected chi connectivity index (χ3v) is 5.30. The van der Waals surface area contributed by atoms with Crippen LogP contribution in [0, 0.1) is 0 Å². The van der Waals surface area contributed by atoms with E-state index in [-0.39, 0.29) is 18.4 Å². The lowest BCUT2D eigenvalue weighted by Crippen LogP contribution is -2.39. The number of hydrogen-bond donors (Lipinski definition) is 1. The van der Waals surface area contributed by atoms with Gasteiger partial charge >= 0.3 is 0 Å². The topological polar surface area (TPSA) is 49.4 Å². The molecule has 110 valence electrons. The smallest absolute Gasteiger partial charge is 0.263 e. The van der Waals surface area contributed by atoms with E-state index in [1.807, 2.05) is 24.3 Å². The van der Waals surface area contributed by atoms with Crippen LogP contribution in [0.5, 0.6) is 0 Å². The molecule has 0 aliphatic heterocycles. The highest BCUT2D eigenvalue weighted by molar-refractivity contribution is 7.21. The van der Waals surface area contributed by atoms with Gasteiger partial charge in [0.1, 0.15) is 4.88 Å². The average molecular weight is 323 g/mol. The molecule has 0 radical (unpaired) electrons. The fourth-order valence-electron chi connectivity index (χ4n) is 2.19. The normalized spacial score (nSPS) is 14.2. The van der Waals surface area contributed by atoms with E-state index in [0.717, 1.165) is 22.9 Å². The molecule has 6 heteroatoms. The third-order valence-electron chi connectivity index (χ3n) is 3.63. The van der Waals surface area contributed by atoms with E-state index in [1.165, 1.54) is 11.3 Å². The van der Waals surface area contributed by atoms with Crippen molar-refractivity contribution in [3.05, 3.63) is 34.2 Å². The summed E-state index contributed by atoms with van der Waals surface area (Å²) < 4.78 is 0.967. The van der Waals surface area contributed by atoms with Gasteiger partial charge in [-0.25, -0.2) is 0 Å². The Hall–Kier alpha value is -1.59. The summed E-state index contributed by atoms with van der Waals surface area (Å²) in [6, 6.07) is 7.95. The highest BCUT2D eigenvalue weighted by Gasteiger charge is 2.29. The highest BCUT2D eigenvalue weighted by atomic mass is 35.5. The summed E-state index contributed by atoms with van der Waals surface area (Å²) in [6.45, 7) is 0.0103. The van der Waals surface area contributed by atoms with Gasteiger partial charge in [0.05, 0.1) is 11.6 Å². The summed E-state index contributed by atoms with van der Waals surface area (Å²) >= 11 is 7.59. The Kier molecular flexibility index (Phi) is 3.87. The van der Waals surface area contributed by atoms with Crippen LogP contribution < -0.4 is 5.32 Å². The summed E-state index contributed by atoms with van der Waals surface area (Å²) in [5.74, 6) is -0.359. The van der Waals surface area contributed by atoms with Gasteiger partial charge < -0.3 is 10.2 Å². The molecular weight excluding hydrogens is 308 g/mol. The zero-order chi connectivity index (χ0) is 15.0. The van der Waals surface area contributed by atoms with Crippen LogP contribution in [0.2, 0.25) is 5.02 Å². The standard InChI is InChI=1S/C15H15ClN2O2S/c1-18(9-6-7-9)12(19)8-17-15(20)14-13(16)10-4-2-3-5-11(10)21-14/h2-5,9H,6-8H2,1H3,(H,17,20). The molecule has 3 rings (SSSR count). The second-order valence-electron chi connectivity index (χ2n) is 5.16. The summed E-state index contributed by atoms with van der Waals surface area (Å²) in [4.78, 5) is 26.3. The molecule has 1 aliphatic carbocycles. The van der Waals surface area contributed by atoms with Crippen molar-refractivity contribution in [3.63, 3.8) is 0 Å². The average Bonchev–Trinajstić information content (AvgIpc) is 3.29. The Bertz CT molecular complexity index is 709. The largest absolute Gasteiger partial charge is 0.342 e. The molecule has 0 spiro atoms. The molecule has 0 saturated heterocycles. The number of amides is 2. The number of benzene rings is 1.